The molecule has 0 atom stereocenters. The first-order valence-electron chi connectivity index (χ1n) is 7.52. The molecule has 4 nitrogen and oxygen atoms in total. The van der Waals surface area contributed by atoms with Gasteiger partial charge in [0.2, 0.25) is 0 Å². The van der Waals surface area contributed by atoms with Gasteiger partial charge in [-0.15, -0.1) is 0 Å². The van der Waals surface area contributed by atoms with E-state index in [0.29, 0.717) is 16.5 Å². The van der Waals surface area contributed by atoms with Crippen LogP contribution in [0.2, 0.25) is 5.02 Å². The molecule has 0 heterocycles. The number of hydrogen-bond acceptors (Lipinski definition) is 2. The number of carbonyl (C=O) groups excluding carboxylic acids is 1. The summed E-state index contributed by atoms with van der Waals surface area (Å²) >= 11 is 5.93. The third-order valence-corrected chi connectivity index (χ3v) is 4.35. The average Bonchev–Trinajstić information content (AvgIpc) is 3.28. The Bertz CT molecular complexity index is 724. The molecule has 1 aliphatic rings. The zero-order valence-electron chi connectivity index (χ0n) is 13.2. The van der Waals surface area contributed by atoms with Crippen molar-refractivity contribution in [1.82, 2.24) is 5.32 Å². The maximum atomic E-state index is 12.4. The quantitative estimate of drug-likeness (QED) is 0.869. The highest BCUT2D eigenvalue weighted by atomic mass is 35.5. The molecule has 1 saturated carbocycles. The highest BCUT2D eigenvalue weighted by molar-refractivity contribution is 6.30. The maximum absolute atomic E-state index is 12.4. The number of carbonyl (C=O) groups is 1. The third-order valence-electron chi connectivity index (χ3n) is 4.10. The third kappa shape index (κ3) is 3.42. The van der Waals surface area contributed by atoms with Crippen LogP contribution >= 0.6 is 11.6 Å². The van der Waals surface area contributed by atoms with Gasteiger partial charge in [-0.3, -0.25) is 0 Å². The summed E-state index contributed by atoms with van der Waals surface area (Å²) in [5.41, 5.74) is 2.51. The average molecular weight is 331 g/mol. The molecule has 5 heteroatoms. The smallest absolute Gasteiger partial charge is 0.320 e. The highest BCUT2D eigenvalue weighted by Crippen LogP contribution is 2.45. The zero-order chi connectivity index (χ0) is 16.4. The second kappa shape index (κ2) is 6.13. The van der Waals surface area contributed by atoms with Crippen molar-refractivity contribution in [1.29, 1.82) is 0 Å². The molecule has 2 amide bonds. The lowest BCUT2D eigenvalue weighted by Gasteiger charge is -2.19. The molecule has 2 N–H and O–H groups in total. The number of amides is 2. The predicted octanol–water partition coefficient (Wildman–Crippen LogP) is 4.47. The van der Waals surface area contributed by atoms with Crippen molar-refractivity contribution in [3.63, 3.8) is 0 Å². The van der Waals surface area contributed by atoms with Crippen molar-refractivity contribution in [3.8, 4) is 5.75 Å². The van der Waals surface area contributed by atoms with Gasteiger partial charge in [0.1, 0.15) is 5.75 Å². The molecule has 0 radical (unpaired) electrons. The number of halogens is 1. The van der Waals surface area contributed by atoms with Crippen LogP contribution in [0.25, 0.3) is 0 Å². The zero-order valence-corrected chi connectivity index (χ0v) is 13.9. The Kier molecular flexibility index (Phi) is 4.18. The van der Waals surface area contributed by atoms with E-state index in [-0.39, 0.29) is 11.6 Å². The Balaban J connectivity index is 1.73. The molecule has 2 aromatic carbocycles. The van der Waals surface area contributed by atoms with Gasteiger partial charge in [0.15, 0.2) is 0 Å². The van der Waals surface area contributed by atoms with E-state index < -0.39 is 0 Å². The molecular weight excluding hydrogens is 312 g/mol. The first-order valence-corrected chi connectivity index (χ1v) is 7.90. The number of benzene rings is 2. The lowest BCUT2D eigenvalue weighted by atomic mass is 10.1. The van der Waals surface area contributed by atoms with Crippen LogP contribution in [-0.4, -0.2) is 13.1 Å². The predicted molar refractivity (Wildman–Crippen MR) is 92.2 cm³/mol. The van der Waals surface area contributed by atoms with Crippen LogP contribution in [0, 0.1) is 6.92 Å². The summed E-state index contributed by atoms with van der Waals surface area (Å²) in [7, 11) is 1.59. The summed E-state index contributed by atoms with van der Waals surface area (Å²) in [6, 6.07) is 13.1. The molecule has 1 fully saturated rings. The van der Waals surface area contributed by atoms with Crippen LogP contribution in [0.4, 0.5) is 10.5 Å². The van der Waals surface area contributed by atoms with Gasteiger partial charge in [-0.25, -0.2) is 4.79 Å². The number of methoxy groups -OCH3 is 1. The first kappa shape index (κ1) is 15.7. The minimum atomic E-state index is -0.286. The molecule has 0 aromatic heterocycles. The Labute approximate surface area is 140 Å². The van der Waals surface area contributed by atoms with Crippen molar-refractivity contribution in [2.24, 2.45) is 0 Å². The summed E-state index contributed by atoms with van der Waals surface area (Å²) in [6.07, 6.45) is 1.85. The Morgan fingerprint density at radius 1 is 1.17 bits per heavy atom. The summed E-state index contributed by atoms with van der Waals surface area (Å²) in [5, 5.41) is 6.65. The molecule has 2 aromatic rings. The number of hydrogen-bond donors (Lipinski definition) is 2. The first-order chi connectivity index (χ1) is 11.0. The van der Waals surface area contributed by atoms with Crippen molar-refractivity contribution >= 4 is 23.3 Å². The van der Waals surface area contributed by atoms with Crippen LogP contribution in [0.1, 0.15) is 24.0 Å². The highest BCUT2D eigenvalue weighted by Gasteiger charge is 2.45. The van der Waals surface area contributed by atoms with Gasteiger partial charge >= 0.3 is 6.03 Å². The van der Waals surface area contributed by atoms with Gasteiger partial charge in [0, 0.05) is 5.02 Å². The molecule has 3 rings (SSSR count). The summed E-state index contributed by atoms with van der Waals surface area (Å²) < 4.78 is 5.29. The SMILES string of the molecule is COc1ccc(C)cc1NC(=O)NC1(c2ccc(Cl)cc2)CC1. The molecule has 0 aliphatic heterocycles. The normalized spacial score (nSPS) is 14.9. The number of anilines is 1. The van der Waals surface area contributed by atoms with Crippen molar-refractivity contribution in [3.05, 3.63) is 58.6 Å². The van der Waals surface area contributed by atoms with Gasteiger partial charge in [-0.1, -0.05) is 29.8 Å². The van der Waals surface area contributed by atoms with Gasteiger partial charge in [-0.05, 0) is 55.2 Å². The minimum absolute atomic E-state index is 0.235. The summed E-state index contributed by atoms with van der Waals surface area (Å²) in [5.74, 6) is 0.641. The second-order valence-electron chi connectivity index (χ2n) is 5.87. The van der Waals surface area contributed by atoms with E-state index >= 15 is 0 Å². The maximum Gasteiger partial charge on any atom is 0.320 e. The summed E-state index contributed by atoms with van der Waals surface area (Å²) in [6.45, 7) is 1.97. The van der Waals surface area contributed by atoms with E-state index in [1.807, 2.05) is 49.4 Å². The van der Waals surface area contributed by atoms with Crippen LogP contribution in [0.15, 0.2) is 42.5 Å². The number of ether oxygens (including phenoxy) is 1. The van der Waals surface area contributed by atoms with Gasteiger partial charge in [0.25, 0.3) is 0 Å². The van der Waals surface area contributed by atoms with Gasteiger partial charge in [0.05, 0.1) is 18.3 Å². The van der Waals surface area contributed by atoms with E-state index in [9.17, 15) is 4.79 Å². The summed E-state index contributed by atoms with van der Waals surface area (Å²) in [4.78, 5) is 12.4. The Morgan fingerprint density at radius 3 is 2.48 bits per heavy atom. The molecule has 0 bridgehead atoms. The fourth-order valence-corrected chi connectivity index (χ4v) is 2.80. The number of nitrogens with one attached hydrogen (secondary N) is 2. The lowest BCUT2D eigenvalue weighted by Crippen LogP contribution is -2.38. The van der Waals surface area contributed by atoms with Crippen LogP contribution < -0.4 is 15.4 Å². The monoisotopic (exact) mass is 330 g/mol. The standard InChI is InChI=1S/C18H19ClN2O2/c1-12-3-8-16(23-2)15(11-12)20-17(22)21-18(9-10-18)13-4-6-14(19)7-5-13/h3-8,11H,9-10H2,1-2H3,(H2,20,21,22). The minimum Gasteiger partial charge on any atom is -0.495 e. The Morgan fingerprint density at radius 2 is 1.87 bits per heavy atom. The van der Waals surface area contributed by atoms with Crippen LogP contribution in [0.3, 0.4) is 0 Å². The van der Waals surface area contributed by atoms with Crippen molar-refractivity contribution in [2.75, 3.05) is 12.4 Å². The van der Waals surface area contributed by atoms with E-state index in [2.05, 4.69) is 10.6 Å². The van der Waals surface area contributed by atoms with Crippen LogP contribution in [0.5, 0.6) is 5.75 Å². The number of urea groups is 1. The van der Waals surface area contributed by atoms with E-state index in [4.69, 9.17) is 16.3 Å². The molecule has 120 valence electrons. The largest absolute Gasteiger partial charge is 0.495 e. The van der Waals surface area contributed by atoms with E-state index in [1.165, 1.54) is 0 Å². The number of aryl methyl sites for hydroxylation is 1. The lowest BCUT2D eigenvalue weighted by molar-refractivity contribution is 0.247. The molecule has 23 heavy (non-hydrogen) atoms. The molecule has 1 aliphatic carbocycles. The Hall–Kier alpha value is -2.20. The fraction of sp³-hybridized carbons (Fsp3) is 0.278. The molecule has 0 spiro atoms. The molecule has 0 unspecified atom stereocenters. The van der Waals surface area contributed by atoms with E-state index in [1.54, 1.807) is 7.11 Å². The van der Waals surface area contributed by atoms with Crippen LogP contribution in [-0.2, 0) is 5.54 Å². The number of rotatable bonds is 4. The second-order valence-corrected chi connectivity index (χ2v) is 6.31. The topological polar surface area (TPSA) is 50.4 Å². The van der Waals surface area contributed by atoms with Gasteiger partial charge < -0.3 is 15.4 Å². The molecular formula is C18H19ClN2O2. The fourth-order valence-electron chi connectivity index (χ4n) is 2.67. The van der Waals surface area contributed by atoms with Crippen molar-refractivity contribution < 1.29 is 9.53 Å². The van der Waals surface area contributed by atoms with Gasteiger partial charge in [-0.2, -0.15) is 0 Å². The van der Waals surface area contributed by atoms with Crippen molar-refractivity contribution in [2.45, 2.75) is 25.3 Å². The van der Waals surface area contributed by atoms with E-state index in [0.717, 1.165) is 24.0 Å². The molecule has 0 saturated heterocycles.